The molecule has 1 fully saturated rings. The maximum Gasteiger partial charge on any atom is 0.227 e. The van der Waals surface area contributed by atoms with E-state index in [-0.39, 0.29) is 29.8 Å². The van der Waals surface area contributed by atoms with Gasteiger partial charge in [0, 0.05) is 23.2 Å². The van der Waals surface area contributed by atoms with Crippen molar-refractivity contribution in [2.75, 3.05) is 4.90 Å². The van der Waals surface area contributed by atoms with E-state index in [1.807, 2.05) is 78.7 Å². The van der Waals surface area contributed by atoms with Gasteiger partial charge in [-0.05, 0) is 56.0 Å². The summed E-state index contributed by atoms with van der Waals surface area (Å²) in [6.07, 6.45) is 2.61. The number of piperidine rings is 1. The molecule has 1 aromatic carbocycles. The number of nitrogens with one attached hydrogen (secondary N) is 1. The highest BCUT2D eigenvalue weighted by molar-refractivity contribution is 7.10. The molecule has 1 N–H and O–H groups in total. The maximum atomic E-state index is 13.4. The number of nitrogens with zero attached hydrogens (tertiary/aromatic N) is 2. The number of benzene rings is 1. The Morgan fingerprint density at radius 1 is 1.17 bits per heavy atom. The van der Waals surface area contributed by atoms with Crippen LogP contribution in [0.2, 0.25) is 0 Å². The molecule has 3 aromatic rings. The molecule has 154 valence electrons. The summed E-state index contributed by atoms with van der Waals surface area (Å²) in [6, 6.07) is 17.1. The number of anilines is 1. The minimum Gasteiger partial charge on any atom is -0.348 e. The lowest BCUT2D eigenvalue weighted by Crippen LogP contribution is -2.48. The van der Waals surface area contributed by atoms with Crippen molar-refractivity contribution < 1.29 is 9.59 Å². The lowest BCUT2D eigenvalue weighted by molar-refractivity contribution is -0.129. The normalized spacial score (nSPS) is 20.1. The third kappa shape index (κ3) is 4.14. The predicted octanol–water partition coefficient (Wildman–Crippen LogP) is 4.81. The van der Waals surface area contributed by atoms with Crippen molar-refractivity contribution in [2.24, 2.45) is 5.92 Å². The van der Waals surface area contributed by atoms with E-state index >= 15 is 0 Å². The van der Waals surface area contributed by atoms with Crippen molar-refractivity contribution in [3.05, 3.63) is 82.3 Å². The number of aromatic nitrogens is 1. The van der Waals surface area contributed by atoms with Crippen molar-refractivity contribution in [1.29, 1.82) is 0 Å². The summed E-state index contributed by atoms with van der Waals surface area (Å²) in [7, 11) is 0. The van der Waals surface area contributed by atoms with Gasteiger partial charge in [0.05, 0.1) is 23.7 Å². The number of aryl methyl sites for hydroxylation is 1. The molecule has 3 unspecified atom stereocenters. The smallest absolute Gasteiger partial charge is 0.227 e. The van der Waals surface area contributed by atoms with Gasteiger partial charge >= 0.3 is 0 Å². The van der Waals surface area contributed by atoms with E-state index < -0.39 is 0 Å². The Balaban J connectivity index is 1.65. The van der Waals surface area contributed by atoms with Gasteiger partial charge in [0.25, 0.3) is 0 Å². The van der Waals surface area contributed by atoms with E-state index in [2.05, 4.69) is 10.3 Å². The molecule has 0 saturated carbocycles. The molecule has 2 aromatic heterocycles. The van der Waals surface area contributed by atoms with Crippen molar-refractivity contribution in [1.82, 2.24) is 10.3 Å². The number of carbonyl (C=O) groups is 2. The van der Waals surface area contributed by atoms with Crippen LogP contribution in [0.1, 0.15) is 48.0 Å². The maximum absolute atomic E-state index is 13.4. The summed E-state index contributed by atoms with van der Waals surface area (Å²) < 4.78 is 0. The first kappa shape index (κ1) is 20.3. The third-order valence-electron chi connectivity index (χ3n) is 5.57. The quantitative estimate of drug-likeness (QED) is 0.645. The molecule has 1 aliphatic rings. The highest BCUT2D eigenvalue weighted by Crippen LogP contribution is 2.41. The van der Waals surface area contributed by atoms with Crippen LogP contribution >= 0.6 is 11.3 Å². The lowest BCUT2D eigenvalue weighted by Gasteiger charge is -2.40. The summed E-state index contributed by atoms with van der Waals surface area (Å²) in [5.41, 5.74) is 2.79. The Kier molecular flexibility index (Phi) is 5.95. The SMILES string of the molecule is Cc1ccc(N2C(=O)CCC(C(=O)NC(C)c3ccccn3)C2c2cccs2)cc1. The van der Waals surface area contributed by atoms with Crippen LogP contribution in [-0.2, 0) is 9.59 Å². The molecule has 0 aliphatic carbocycles. The van der Waals surface area contributed by atoms with Gasteiger partial charge in [0.15, 0.2) is 0 Å². The molecule has 0 spiro atoms. The fraction of sp³-hybridized carbons (Fsp3) is 0.292. The van der Waals surface area contributed by atoms with Crippen molar-refractivity contribution >= 4 is 28.8 Å². The van der Waals surface area contributed by atoms with Gasteiger partial charge in [-0.25, -0.2) is 0 Å². The summed E-state index contributed by atoms with van der Waals surface area (Å²) in [5.74, 6) is -0.316. The second kappa shape index (κ2) is 8.79. The zero-order valence-corrected chi connectivity index (χ0v) is 17.9. The lowest BCUT2D eigenvalue weighted by atomic mass is 9.86. The molecule has 3 heterocycles. The van der Waals surface area contributed by atoms with Crippen molar-refractivity contribution in [3.8, 4) is 0 Å². The summed E-state index contributed by atoms with van der Waals surface area (Å²) >= 11 is 1.58. The van der Waals surface area contributed by atoms with E-state index in [1.54, 1.807) is 17.5 Å². The summed E-state index contributed by atoms with van der Waals surface area (Å²) in [6.45, 7) is 3.96. The topological polar surface area (TPSA) is 62.3 Å². The average Bonchev–Trinajstić information content (AvgIpc) is 3.29. The van der Waals surface area contributed by atoms with Crippen molar-refractivity contribution in [2.45, 2.75) is 38.8 Å². The Morgan fingerprint density at radius 3 is 2.63 bits per heavy atom. The second-order valence-corrected chi connectivity index (χ2v) is 8.67. The van der Waals surface area contributed by atoms with Crippen molar-refractivity contribution in [3.63, 3.8) is 0 Å². The molecule has 1 aliphatic heterocycles. The van der Waals surface area contributed by atoms with Gasteiger partial charge in [-0.3, -0.25) is 14.6 Å². The number of rotatable bonds is 5. The standard InChI is InChI=1S/C24H25N3O2S/c1-16-8-10-18(11-9-16)27-22(28)13-12-19(23(27)21-7-5-15-30-21)24(29)26-17(2)20-6-3-4-14-25-20/h3-11,14-15,17,19,23H,12-13H2,1-2H3,(H,26,29). The fourth-order valence-corrected chi connectivity index (χ4v) is 4.87. The molecule has 0 bridgehead atoms. The third-order valence-corrected chi connectivity index (χ3v) is 6.51. The highest BCUT2D eigenvalue weighted by atomic mass is 32.1. The zero-order chi connectivity index (χ0) is 21.1. The second-order valence-electron chi connectivity index (χ2n) is 7.69. The number of carbonyl (C=O) groups excluding carboxylic acids is 2. The van der Waals surface area contributed by atoms with Crippen LogP contribution in [0.3, 0.4) is 0 Å². The summed E-state index contributed by atoms with van der Waals surface area (Å²) in [5, 5.41) is 5.11. The van der Waals surface area contributed by atoms with Crippen LogP contribution in [0, 0.1) is 12.8 Å². The highest BCUT2D eigenvalue weighted by Gasteiger charge is 2.42. The van der Waals surface area contributed by atoms with Gasteiger partial charge < -0.3 is 10.2 Å². The van der Waals surface area contributed by atoms with E-state index in [0.29, 0.717) is 12.8 Å². The number of amides is 2. The van der Waals surface area contributed by atoms with Gasteiger partial charge in [-0.2, -0.15) is 0 Å². The first-order chi connectivity index (χ1) is 14.5. The summed E-state index contributed by atoms with van der Waals surface area (Å²) in [4.78, 5) is 33.5. The predicted molar refractivity (Wildman–Crippen MR) is 119 cm³/mol. The molecule has 2 amide bonds. The van der Waals surface area contributed by atoms with Gasteiger partial charge in [0.2, 0.25) is 11.8 Å². The molecule has 6 heteroatoms. The minimum atomic E-state index is -0.325. The zero-order valence-electron chi connectivity index (χ0n) is 17.1. The number of hydrogen-bond acceptors (Lipinski definition) is 4. The Labute approximate surface area is 180 Å². The fourth-order valence-electron chi connectivity index (χ4n) is 3.99. The molecule has 4 rings (SSSR count). The van der Waals surface area contributed by atoms with E-state index in [9.17, 15) is 9.59 Å². The van der Waals surface area contributed by atoms with Crippen LogP contribution < -0.4 is 10.2 Å². The number of pyridine rings is 1. The molecular formula is C24H25N3O2S. The molecule has 3 atom stereocenters. The van der Waals surface area contributed by atoms with Crippen LogP contribution in [-0.4, -0.2) is 16.8 Å². The largest absolute Gasteiger partial charge is 0.348 e. The number of hydrogen-bond donors (Lipinski definition) is 1. The Hall–Kier alpha value is -2.99. The van der Waals surface area contributed by atoms with E-state index in [1.165, 1.54) is 0 Å². The van der Waals surface area contributed by atoms with E-state index in [4.69, 9.17) is 0 Å². The molecule has 0 radical (unpaired) electrons. The van der Waals surface area contributed by atoms with Gasteiger partial charge in [-0.15, -0.1) is 11.3 Å². The molecule has 30 heavy (non-hydrogen) atoms. The van der Waals surface area contributed by atoms with Crippen LogP contribution in [0.25, 0.3) is 0 Å². The first-order valence-corrected chi connectivity index (χ1v) is 11.1. The molecular weight excluding hydrogens is 394 g/mol. The Morgan fingerprint density at radius 2 is 1.97 bits per heavy atom. The minimum absolute atomic E-state index is 0.0452. The van der Waals surface area contributed by atoms with Crippen LogP contribution in [0.5, 0.6) is 0 Å². The monoisotopic (exact) mass is 419 g/mol. The Bertz CT molecular complexity index is 1000. The molecule has 1 saturated heterocycles. The van der Waals surface area contributed by atoms with Crippen LogP contribution in [0.4, 0.5) is 5.69 Å². The average molecular weight is 420 g/mol. The molecule has 5 nitrogen and oxygen atoms in total. The van der Waals surface area contributed by atoms with Gasteiger partial charge in [0.1, 0.15) is 0 Å². The van der Waals surface area contributed by atoms with Crippen LogP contribution in [0.15, 0.2) is 66.2 Å². The number of thiophene rings is 1. The first-order valence-electron chi connectivity index (χ1n) is 10.2. The van der Waals surface area contributed by atoms with Gasteiger partial charge in [-0.1, -0.05) is 29.8 Å². The van der Waals surface area contributed by atoms with E-state index in [0.717, 1.165) is 21.8 Å².